The van der Waals surface area contributed by atoms with Gasteiger partial charge < -0.3 is 0 Å². The lowest BCUT2D eigenvalue weighted by atomic mass is 10.5. The fourth-order valence-corrected chi connectivity index (χ4v) is 2.41. The molecule has 0 saturated carbocycles. The topological polar surface area (TPSA) is 41.3 Å². The highest BCUT2D eigenvalue weighted by Gasteiger charge is 2.23. The van der Waals surface area contributed by atoms with E-state index in [0.29, 0.717) is 13.1 Å². The van der Waals surface area contributed by atoms with Gasteiger partial charge in [-0.25, -0.2) is 9.65 Å². The predicted octanol–water partition coefficient (Wildman–Crippen LogP) is 2.11. The zero-order chi connectivity index (χ0) is 11.7. The first kappa shape index (κ1) is 14.5. The molecule has 0 aliphatic rings. The van der Waals surface area contributed by atoms with E-state index in [1.165, 1.54) is 7.11 Å². The Morgan fingerprint density at radius 2 is 2.00 bits per heavy atom. The van der Waals surface area contributed by atoms with Gasteiger partial charge in [-0.1, -0.05) is 25.3 Å². The SMILES string of the molecule is C=CC[N+](=CNP(=O)(OC)SC)CC=C. The van der Waals surface area contributed by atoms with Gasteiger partial charge in [0, 0.05) is 7.11 Å². The Morgan fingerprint density at radius 3 is 2.33 bits per heavy atom. The maximum absolute atomic E-state index is 11.8. The molecule has 0 aliphatic heterocycles. The molecule has 0 aliphatic carbocycles. The predicted molar refractivity (Wildman–Crippen MR) is 67.7 cm³/mol. The van der Waals surface area contributed by atoms with Gasteiger partial charge in [-0.15, -0.1) is 0 Å². The lowest BCUT2D eigenvalue weighted by Gasteiger charge is -2.08. The molecule has 0 bridgehead atoms. The minimum Gasteiger partial charge on any atom is -0.292 e. The van der Waals surface area contributed by atoms with E-state index in [2.05, 4.69) is 18.2 Å². The zero-order valence-electron chi connectivity index (χ0n) is 9.18. The van der Waals surface area contributed by atoms with Gasteiger partial charge in [0.25, 0.3) is 0 Å². The molecule has 86 valence electrons. The molecular weight excluding hydrogens is 231 g/mol. The first-order valence-corrected chi connectivity index (χ1v) is 7.85. The summed E-state index contributed by atoms with van der Waals surface area (Å²) >= 11 is 1.16. The molecule has 0 aromatic rings. The normalized spacial score (nSPS) is 13.7. The molecule has 1 atom stereocenters. The van der Waals surface area contributed by atoms with E-state index < -0.39 is 6.72 Å². The van der Waals surface area contributed by atoms with Crippen LogP contribution in [0.3, 0.4) is 0 Å². The van der Waals surface area contributed by atoms with Crippen molar-refractivity contribution in [3.63, 3.8) is 0 Å². The summed E-state index contributed by atoms with van der Waals surface area (Å²) in [4.78, 5) is 0. The summed E-state index contributed by atoms with van der Waals surface area (Å²) in [7, 11) is 1.42. The van der Waals surface area contributed by atoms with E-state index >= 15 is 0 Å². The van der Waals surface area contributed by atoms with Gasteiger partial charge in [0.2, 0.25) is 6.34 Å². The first-order chi connectivity index (χ1) is 7.11. The van der Waals surface area contributed by atoms with E-state index in [0.717, 1.165) is 11.4 Å². The van der Waals surface area contributed by atoms with E-state index in [4.69, 9.17) is 4.52 Å². The Kier molecular flexibility index (Phi) is 7.48. The van der Waals surface area contributed by atoms with Crippen molar-refractivity contribution in [3.05, 3.63) is 25.3 Å². The maximum atomic E-state index is 11.8. The molecule has 0 heterocycles. The molecule has 0 rings (SSSR count). The summed E-state index contributed by atoms with van der Waals surface area (Å²) < 4.78 is 18.6. The minimum atomic E-state index is -2.78. The number of rotatable bonds is 8. The molecule has 1 unspecified atom stereocenters. The Labute approximate surface area is 95.4 Å². The highest BCUT2D eigenvalue weighted by Crippen LogP contribution is 2.52. The van der Waals surface area contributed by atoms with Crippen LogP contribution in [0, 0.1) is 0 Å². The van der Waals surface area contributed by atoms with E-state index in [9.17, 15) is 4.57 Å². The van der Waals surface area contributed by atoms with Gasteiger partial charge >= 0.3 is 6.72 Å². The van der Waals surface area contributed by atoms with Crippen molar-refractivity contribution in [1.82, 2.24) is 5.09 Å². The third-order valence-corrected chi connectivity index (χ3v) is 5.21. The molecule has 15 heavy (non-hydrogen) atoms. The molecule has 6 heteroatoms. The standard InChI is InChI=1S/C9H17N2O2PS/c1-5-7-11(8-6-2)9-10-14(12,13-3)15-4/h5-6,9H,1-2,7-8H2,3-4H3/p+1. The summed E-state index contributed by atoms with van der Waals surface area (Å²) in [5.74, 6) is 0. The molecule has 0 aromatic heterocycles. The minimum absolute atomic E-state index is 0.664. The van der Waals surface area contributed by atoms with Gasteiger partial charge in [0.05, 0.1) is 0 Å². The van der Waals surface area contributed by atoms with Gasteiger partial charge in [-0.3, -0.25) is 9.10 Å². The molecule has 0 aromatic carbocycles. The van der Waals surface area contributed by atoms with Gasteiger partial charge in [0.1, 0.15) is 13.1 Å². The third kappa shape index (κ3) is 5.82. The number of hydrogen-bond acceptors (Lipinski definition) is 3. The Balaban J connectivity index is 4.48. The summed E-state index contributed by atoms with van der Waals surface area (Å²) in [5.41, 5.74) is 0. The molecule has 0 radical (unpaired) electrons. The average molecular weight is 249 g/mol. The quantitative estimate of drug-likeness (QED) is 0.235. The van der Waals surface area contributed by atoms with Crippen LogP contribution in [0.1, 0.15) is 0 Å². The van der Waals surface area contributed by atoms with Crippen LogP contribution in [0.2, 0.25) is 0 Å². The lowest BCUT2D eigenvalue weighted by molar-refractivity contribution is -0.504. The molecular formula is C9H18N2O2PS+. The second kappa shape index (κ2) is 7.74. The zero-order valence-corrected chi connectivity index (χ0v) is 10.9. The van der Waals surface area contributed by atoms with Crippen LogP contribution in [0.15, 0.2) is 25.3 Å². The van der Waals surface area contributed by atoms with Crippen molar-refractivity contribution in [1.29, 1.82) is 0 Å². The van der Waals surface area contributed by atoms with Crippen LogP contribution in [-0.2, 0) is 9.09 Å². The first-order valence-electron chi connectivity index (χ1n) is 4.40. The molecule has 0 amide bonds. The summed E-state index contributed by atoms with van der Waals surface area (Å²) in [5, 5.41) is 2.77. The highest BCUT2D eigenvalue weighted by atomic mass is 32.7. The molecule has 0 fully saturated rings. The third-order valence-electron chi connectivity index (χ3n) is 1.61. The fraction of sp³-hybridized carbons (Fsp3) is 0.444. The second-order valence-corrected chi connectivity index (χ2v) is 7.17. The van der Waals surface area contributed by atoms with E-state index in [-0.39, 0.29) is 0 Å². The molecule has 4 nitrogen and oxygen atoms in total. The Bertz CT molecular complexity index is 272. The van der Waals surface area contributed by atoms with E-state index in [1.54, 1.807) is 24.7 Å². The van der Waals surface area contributed by atoms with E-state index in [1.807, 2.05) is 4.58 Å². The van der Waals surface area contributed by atoms with Crippen molar-refractivity contribution < 1.29 is 13.7 Å². The highest BCUT2D eigenvalue weighted by molar-refractivity contribution is 8.55. The van der Waals surface area contributed by atoms with Crippen molar-refractivity contribution >= 4 is 24.4 Å². The number of nitrogens with zero attached hydrogens (tertiary/aromatic N) is 1. The molecule has 1 N–H and O–H groups in total. The fourth-order valence-electron chi connectivity index (χ4n) is 0.844. The largest absolute Gasteiger partial charge is 0.432 e. The van der Waals surface area contributed by atoms with Crippen LogP contribution in [0.25, 0.3) is 0 Å². The van der Waals surface area contributed by atoms with Crippen molar-refractivity contribution in [2.45, 2.75) is 0 Å². The lowest BCUT2D eigenvalue weighted by Crippen LogP contribution is -2.21. The van der Waals surface area contributed by atoms with Crippen molar-refractivity contribution in [2.75, 3.05) is 26.5 Å². The summed E-state index contributed by atoms with van der Waals surface area (Å²) in [6, 6.07) is 0. The smallest absolute Gasteiger partial charge is 0.292 e. The van der Waals surface area contributed by atoms with Crippen LogP contribution in [-0.4, -0.2) is 37.4 Å². The summed E-state index contributed by atoms with van der Waals surface area (Å²) in [6.45, 7) is 5.82. The molecule has 0 spiro atoms. The average Bonchev–Trinajstić information content (AvgIpc) is 2.26. The van der Waals surface area contributed by atoms with Gasteiger partial charge in [-0.05, 0) is 17.6 Å². The summed E-state index contributed by atoms with van der Waals surface area (Å²) in [6.07, 6.45) is 6.90. The van der Waals surface area contributed by atoms with Crippen LogP contribution >= 0.6 is 18.1 Å². The van der Waals surface area contributed by atoms with Crippen LogP contribution in [0.4, 0.5) is 0 Å². The maximum Gasteiger partial charge on any atom is 0.432 e. The van der Waals surface area contributed by atoms with Gasteiger partial charge in [0.15, 0.2) is 0 Å². The monoisotopic (exact) mass is 249 g/mol. The van der Waals surface area contributed by atoms with Crippen LogP contribution < -0.4 is 5.09 Å². The second-order valence-electron chi connectivity index (χ2n) is 2.65. The number of hydrogen-bond donors (Lipinski definition) is 1. The van der Waals surface area contributed by atoms with Crippen molar-refractivity contribution in [3.8, 4) is 0 Å². The molecule has 0 saturated heterocycles. The Hall–Kier alpha value is -0.510. The van der Waals surface area contributed by atoms with Gasteiger partial charge in [-0.2, -0.15) is 0 Å². The van der Waals surface area contributed by atoms with Crippen LogP contribution in [0.5, 0.6) is 0 Å². The number of nitrogens with one attached hydrogen (secondary N) is 1. The van der Waals surface area contributed by atoms with Crippen molar-refractivity contribution in [2.24, 2.45) is 0 Å². The Morgan fingerprint density at radius 1 is 1.47 bits per heavy atom.